The summed E-state index contributed by atoms with van der Waals surface area (Å²) < 4.78 is 15.5. The lowest BCUT2D eigenvalue weighted by molar-refractivity contribution is -0.222. The summed E-state index contributed by atoms with van der Waals surface area (Å²) in [7, 11) is 0. The second kappa shape index (κ2) is 8.02. The maximum atomic E-state index is 11.9. The quantitative estimate of drug-likeness (QED) is 0.776. The van der Waals surface area contributed by atoms with Crippen LogP contribution in [0.4, 0.5) is 9.59 Å². The first-order valence-electron chi connectivity index (χ1n) is 8.11. The standard InChI is InChI=1S/C16H29NO7/c1-15(2,3)22-13(19)21-12-8-7-11(9-10-18)17(12)24-14(20)23-16(4,5)6/h11-12,18H,7-10H2,1-6H3/t11-,12-/m0/s1. The van der Waals surface area contributed by atoms with Crippen molar-refractivity contribution in [2.24, 2.45) is 0 Å². The van der Waals surface area contributed by atoms with Crippen LogP contribution in [0.1, 0.15) is 60.8 Å². The summed E-state index contributed by atoms with van der Waals surface area (Å²) >= 11 is 0. The number of rotatable bonds is 4. The van der Waals surface area contributed by atoms with Gasteiger partial charge in [0.05, 0.1) is 6.04 Å². The second-order valence-corrected chi connectivity index (χ2v) is 7.70. The van der Waals surface area contributed by atoms with E-state index in [1.807, 2.05) is 0 Å². The first-order valence-corrected chi connectivity index (χ1v) is 8.11. The van der Waals surface area contributed by atoms with E-state index in [1.165, 1.54) is 5.06 Å². The molecule has 0 bridgehead atoms. The van der Waals surface area contributed by atoms with Crippen molar-refractivity contribution >= 4 is 12.3 Å². The third-order valence-corrected chi connectivity index (χ3v) is 3.04. The SMILES string of the molecule is CC(C)(C)OC(=O)O[C@H]1CC[C@@H](CCO)N1OC(=O)OC(C)(C)C. The van der Waals surface area contributed by atoms with Crippen LogP contribution in [-0.2, 0) is 19.0 Å². The third-order valence-electron chi connectivity index (χ3n) is 3.04. The first kappa shape index (κ1) is 20.5. The summed E-state index contributed by atoms with van der Waals surface area (Å²) in [4.78, 5) is 29.0. The highest BCUT2D eigenvalue weighted by Gasteiger charge is 2.40. The van der Waals surface area contributed by atoms with E-state index in [0.29, 0.717) is 19.3 Å². The molecule has 0 aromatic rings. The number of carbonyl (C=O) groups excluding carboxylic acids is 2. The van der Waals surface area contributed by atoms with Crippen molar-refractivity contribution in [3.05, 3.63) is 0 Å². The lowest BCUT2D eigenvalue weighted by Crippen LogP contribution is -2.42. The van der Waals surface area contributed by atoms with Crippen LogP contribution in [0.5, 0.6) is 0 Å². The van der Waals surface area contributed by atoms with E-state index in [-0.39, 0.29) is 12.6 Å². The molecule has 0 saturated carbocycles. The summed E-state index contributed by atoms with van der Waals surface area (Å²) in [5.74, 6) is 0. The average molecular weight is 347 g/mol. The van der Waals surface area contributed by atoms with Crippen LogP contribution in [0.25, 0.3) is 0 Å². The molecule has 1 fully saturated rings. The topological polar surface area (TPSA) is 94.5 Å². The molecule has 0 amide bonds. The Bertz CT molecular complexity index is 439. The van der Waals surface area contributed by atoms with E-state index in [2.05, 4.69) is 0 Å². The van der Waals surface area contributed by atoms with Gasteiger partial charge in [-0.05, 0) is 54.4 Å². The van der Waals surface area contributed by atoms with Crippen LogP contribution in [0.3, 0.4) is 0 Å². The number of aliphatic hydroxyl groups is 1. The van der Waals surface area contributed by atoms with Gasteiger partial charge in [0, 0.05) is 13.0 Å². The normalized spacial score (nSPS) is 22.1. The number of aliphatic hydroxyl groups excluding tert-OH is 1. The van der Waals surface area contributed by atoms with Gasteiger partial charge in [-0.15, -0.1) is 0 Å². The molecule has 140 valence electrons. The Morgan fingerprint density at radius 3 is 2.04 bits per heavy atom. The Labute approximate surface area is 142 Å². The molecule has 8 heteroatoms. The minimum absolute atomic E-state index is 0.0714. The smallest absolute Gasteiger partial charge is 0.429 e. The van der Waals surface area contributed by atoms with Crippen LogP contribution < -0.4 is 0 Å². The van der Waals surface area contributed by atoms with Gasteiger partial charge in [-0.25, -0.2) is 9.59 Å². The molecular formula is C16H29NO7. The van der Waals surface area contributed by atoms with Crippen molar-refractivity contribution in [3.63, 3.8) is 0 Å². The molecule has 0 aliphatic carbocycles. The molecule has 1 aliphatic rings. The van der Waals surface area contributed by atoms with E-state index >= 15 is 0 Å². The van der Waals surface area contributed by atoms with Gasteiger partial charge in [-0.3, -0.25) is 0 Å². The maximum absolute atomic E-state index is 11.9. The van der Waals surface area contributed by atoms with Crippen molar-refractivity contribution < 1.29 is 33.7 Å². The average Bonchev–Trinajstić information content (AvgIpc) is 2.68. The van der Waals surface area contributed by atoms with Gasteiger partial charge in [0.15, 0.2) is 6.23 Å². The lowest BCUT2D eigenvalue weighted by Gasteiger charge is -2.29. The fraction of sp³-hybridized carbons (Fsp3) is 0.875. The number of hydrogen-bond acceptors (Lipinski definition) is 8. The monoisotopic (exact) mass is 347 g/mol. The van der Waals surface area contributed by atoms with Crippen LogP contribution in [-0.4, -0.2) is 52.6 Å². The molecule has 24 heavy (non-hydrogen) atoms. The highest BCUT2D eigenvalue weighted by Crippen LogP contribution is 2.29. The number of hydroxylamine groups is 2. The van der Waals surface area contributed by atoms with Gasteiger partial charge in [0.25, 0.3) is 0 Å². The fourth-order valence-electron chi connectivity index (χ4n) is 2.23. The molecule has 1 aliphatic heterocycles. The van der Waals surface area contributed by atoms with Crippen molar-refractivity contribution in [2.45, 2.75) is 84.3 Å². The highest BCUT2D eigenvalue weighted by molar-refractivity contribution is 5.61. The molecule has 0 radical (unpaired) electrons. The zero-order valence-electron chi connectivity index (χ0n) is 15.3. The fourth-order valence-corrected chi connectivity index (χ4v) is 2.23. The molecule has 0 unspecified atom stereocenters. The molecule has 1 saturated heterocycles. The lowest BCUT2D eigenvalue weighted by atomic mass is 10.2. The highest BCUT2D eigenvalue weighted by atomic mass is 16.8. The van der Waals surface area contributed by atoms with Gasteiger partial charge in [0.2, 0.25) is 0 Å². The molecule has 0 spiro atoms. The molecule has 0 aromatic heterocycles. The van der Waals surface area contributed by atoms with Gasteiger partial charge in [-0.2, -0.15) is 0 Å². The van der Waals surface area contributed by atoms with E-state index < -0.39 is 29.7 Å². The number of carbonyl (C=O) groups is 2. The molecular weight excluding hydrogens is 318 g/mol. The predicted octanol–water partition coefficient (Wildman–Crippen LogP) is 2.98. The van der Waals surface area contributed by atoms with E-state index in [0.717, 1.165) is 0 Å². The van der Waals surface area contributed by atoms with E-state index in [9.17, 15) is 9.59 Å². The Morgan fingerprint density at radius 2 is 1.54 bits per heavy atom. The minimum Gasteiger partial charge on any atom is -0.429 e. The van der Waals surface area contributed by atoms with Gasteiger partial charge in [-0.1, -0.05) is 5.06 Å². The zero-order chi connectivity index (χ0) is 18.5. The Balaban J connectivity index is 2.72. The van der Waals surface area contributed by atoms with E-state index in [1.54, 1.807) is 41.5 Å². The van der Waals surface area contributed by atoms with Crippen molar-refractivity contribution in [1.82, 2.24) is 5.06 Å². The summed E-state index contributed by atoms with van der Waals surface area (Å²) in [6.45, 7) is 10.3. The van der Waals surface area contributed by atoms with E-state index in [4.69, 9.17) is 24.2 Å². The Morgan fingerprint density at radius 1 is 1.00 bits per heavy atom. The van der Waals surface area contributed by atoms with Gasteiger partial charge >= 0.3 is 12.3 Å². The summed E-state index contributed by atoms with van der Waals surface area (Å²) in [6.07, 6.45) is -1.04. The molecule has 2 atom stereocenters. The first-order chi connectivity index (χ1) is 10.9. The Kier molecular flexibility index (Phi) is 6.86. The third kappa shape index (κ3) is 7.35. The minimum atomic E-state index is -0.884. The van der Waals surface area contributed by atoms with Crippen LogP contribution in [0.2, 0.25) is 0 Å². The molecule has 1 heterocycles. The number of hydrogen-bond donors (Lipinski definition) is 1. The van der Waals surface area contributed by atoms with Crippen molar-refractivity contribution in [1.29, 1.82) is 0 Å². The van der Waals surface area contributed by atoms with Crippen molar-refractivity contribution in [3.8, 4) is 0 Å². The van der Waals surface area contributed by atoms with Gasteiger partial charge < -0.3 is 24.2 Å². The van der Waals surface area contributed by atoms with Crippen LogP contribution in [0, 0.1) is 0 Å². The summed E-state index contributed by atoms with van der Waals surface area (Å²) in [6, 6.07) is -0.255. The Hall–Kier alpha value is -1.54. The molecule has 0 aromatic carbocycles. The maximum Gasteiger partial charge on any atom is 0.528 e. The summed E-state index contributed by atoms with van der Waals surface area (Å²) in [5.41, 5.74) is -1.39. The van der Waals surface area contributed by atoms with Crippen molar-refractivity contribution in [2.75, 3.05) is 6.61 Å². The number of nitrogens with zero attached hydrogens (tertiary/aromatic N) is 1. The summed E-state index contributed by atoms with van der Waals surface area (Å²) in [5, 5.41) is 10.4. The van der Waals surface area contributed by atoms with Crippen LogP contribution in [0.15, 0.2) is 0 Å². The predicted molar refractivity (Wildman–Crippen MR) is 85.0 cm³/mol. The number of ether oxygens (including phenoxy) is 3. The van der Waals surface area contributed by atoms with Crippen LogP contribution >= 0.6 is 0 Å². The van der Waals surface area contributed by atoms with Gasteiger partial charge in [0.1, 0.15) is 11.2 Å². The molecule has 1 rings (SSSR count). The molecule has 1 N–H and O–H groups in total. The largest absolute Gasteiger partial charge is 0.528 e. The molecule has 8 nitrogen and oxygen atoms in total. The zero-order valence-corrected chi connectivity index (χ0v) is 15.3. The second-order valence-electron chi connectivity index (χ2n) is 7.70.